The van der Waals surface area contributed by atoms with Crippen LogP contribution in [0, 0.1) is 6.92 Å². The van der Waals surface area contributed by atoms with Crippen LogP contribution in [0.1, 0.15) is 17.7 Å². The average molecular weight is 285 g/mol. The third-order valence-corrected chi connectivity index (χ3v) is 4.10. The van der Waals surface area contributed by atoms with Crippen molar-refractivity contribution in [2.45, 2.75) is 25.9 Å². The maximum atomic E-state index is 6.07. The van der Waals surface area contributed by atoms with E-state index >= 15 is 0 Å². The van der Waals surface area contributed by atoms with E-state index in [9.17, 15) is 0 Å². The maximum Gasteiger partial charge on any atom is 0.0995 e. The van der Waals surface area contributed by atoms with Crippen LogP contribution in [0.25, 0.3) is 5.69 Å². The number of nitrogens with zero attached hydrogens (tertiary/aromatic N) is 3. The fourth-order valence-electron chi connectivity index (χ4n) is 2.97. The van der Waals surface area contributed by atoms with E-state index in [1.54, 1.807) is 0 Å². The van der Waals surface area contributed by atoms with E-state index in [0.717, 1.165) is 36.7 Å². The van der Waals surface area contributed by atoms with E-state index in [-0.39, 0.29) is 0 Å². The Morgan fingerprint density at radius 3 is 2.90 bits per heavy atom. The predicted octanol–water partition coefficient (Wildman–Crippen LogP) is 1.56. The highest BCUT2D eigenvalue weighted by Crippen LogP contribution is 2.20. The molecule has 21 heavy (non-hydrogen) atoms. The number of likely N-dealkylation sites (N-methyl/N-ethyl adjacent to an activating group) is 1. The summed E-state index contributed by atoms with van der Waals surface area (Å²) in [6, 6.07) is 6.87. The summed E-state index contributed by atoms with van der Waals surface area (Å²) in [7, 11) is 2.04. The highest BCUT2D eigenvalue weighted by atomic mass is 15.2. The molecule has 0 amide bonds. The van der Waals surface area contributed by atoms with Gasteiger partial charge in [-0.3, -0.25) is 4.90 Å². The van der Waals surface area contributed by atoms with Crippen molar-refractivity contribution in [3.8, 4) is 5.69 Å². The summed E-state index contributed by atoms with van der Waals surface area (Å²) in [5, 5.41) is 3.35. The van der Waals surface area contributed by atoms with Gasteiger partial charge in [0.25, 0.3) is 0 Å². The molecule has 112 valence electrons. The number of nitrogens with one attached hydrogen (secondary N) is 1. The largest absolute Gasteiger partial charge is 0.399 e. The standard InChI is InChI=1S/C16H23N5/c1-12-8-21(11-19-12)16-6-13(5-14(17)7-16)9-20-4-3-15(10-20)18-2/h5-8,11,15,18H,3-4,9-10,17H2,1-2H3/t15-/m0/s1. The van der Waals surface area contributed by atoms with E-state index < -0.39 is 0 Å². The van der Waals surface area contributed by atoms with Crippen LogP contribution in [-0.4, -0.2) is 40.6 Å². The zero-order valence-electron chi connectivity index (χ0n) is 12.7. The fraction of sp³-hybridized carbons (Fsp3) is 0.438. The van der Waals surface area contributed by atoms with Crippen LogP contribution in [0.5, 0.6) is 0 Å². The molecule has 1 saturated heterocycles. The molecule has 5 nitrogen and oxygen atoms in total. The lowest BCUT2D eigenvalue weighted by Gasteiger charge is -2.17. The third-order valence-electron chi connectivity index (χ3n) is 4.10. The van der Waals surface area contributed by atoms with E-state index in [0.29, 0.717) is 6.04 Å². The molecule has 1 aliphatic rings. The first-order chi connectivity index (χ1) is 10.1. The van der Waals surface area contributed by atoms with E-state index in [1.807, 2.05) is 37.1 Å². The van der Waals surface area contributed by atoms with Gasteiger partial charge in [0.05, 0.1) is 12.0 Å². The highest BCUT2D eigenvalue weighted by molar-refractivity contribution is 5.51. The first-order valence-electron chi connectivity index (χ1n) is 7.44. The predicted molar refractivity (Wildman–Crippen MR) is 85.5 cm³/mol. The van der Waals surface area contributed by atoms with Crippen molar-refractivity contribution in [2.75, 3.05) is 25.9 Å². The molecule has 1 aromatic heterocycles. The molecule has 0 aliphatic carbocycles. The summed E-state index contributed by atoms with van der Waals surface area (Å²) in [6.07, 6.45) is 5.07. The summed E-state index contributed by atoms with van der Waals surface area (Å²) in [6.45, 7) is 5.18. The average Bonchev–Trinajstić information content (AvgIpc) is 3.07. The number of nitrogen functional groups attached to an aromatic ring is 1. The second-order valence-corrected chi connectivity index (χ2v) is 5.86. The minimum absolute atomic E-state index is 0.613. The molecule has 2 heterocycles. The van der Waals surface area contributed by atoms with Gasteiger partial charge in [-0.05, 0) is 44.2 Å². The first kappa shape index (κ1) is 14.1. The van der Waals surface area contributed by atoms with Crippen molar-refractivity contribution in [1.82, 2.24) is 19.8 Å². The number of anilines is 1. The molecular formula is C16H23N5. The molecule has 0 bridgehead atoms. The van der Waals surface area contributed by atoms with Crippen LogP contribution in [0.15, 0.2) is 30.7 Å². The lowest BCUT2D eigenvalue weighted by molar-refractivity contribution is 0.322. The van der Waals surface area contributed by atoms with Crippen molar-refractivity contribution in [3.05, 3.63) is 42.0 Å². The monoisotopic (exact) mass is 285 g/mol. The molecule has 1 atom stereocenters. The second-order valence-electron chi connectivity index (χ2n) is 5.86. The Hall–Kier alpha value is -1.85. The van der Waals surface area contributed by atoms with Crippen molar-refractivity contribution in [2.24, 2.45) is 0 Å². The number of aromatic nitrogens is 2. The number of imidazole rings is 1. The van der Waals surface area contributed by atoms with Gasteiger partial charge in [-0.25, -0.2) is 4.98 Å². The van der Waals surface area contributed by atoms with Crippen LogP contribution < -0.4 is 11.1 Å². The van der Waals surface area contributed by atoms with Gasteiger partial charge < -0.3 is 15.6 Å². The van der Waals surface area contributed by atoms with Crippen molar-refractivity contribution >= 4 is 5.69 Å². The van der Waals surface area contributed by atoms with Crippen molar-refractivity contribution in [3.63, 3.8) is 0 Å². The molecule has 1 aromatic carbocycles. The Morgan fingerprint density at radius 2 is 2.24 bits per heavy atom. The molecule has 1 aliphatic heterocycles. The van der Waals surface area contributed by atoms with E-state index in [2.05, 4.69) is 27.3 Å². The SMILES string of the molecule is CN[C@H]1CCN(Cc2cc(N)cc(-n3cnc(C)c3)c2)C1. The number of rotatable bonds is 4. The molecular weight excluding hydrogens is 262 g/mol. The molecule has 0 unspecified atom stereocenters. The molecule has 0 spiro atoms. The van der Waals surface area contributed by atoms with Crippen LogP contribution in [0.4, 0.5) is 5.69 Å². The van der Waals surface area contributed by atoms with Gasteiger partial charge in [-0.15, -0.1) is 0 Å². The van der Waals surface area contributed by atoms with Gasteiger partial charge in [0.2, 0.25) is 0 Å². The van der Waals surface area contributed by atoms with Crippen LogP contribution in [0.2, 0.25) is 0 Å². The number of aryl methyl sites for hydroxylation is 1. The zero-order valence-corrected chi connectivity index (χ0v) is 12.7. The molecule has 1 fully saturated rings. The number of hydrogen-bond acceptors (Lipinski definition) is 4. The maximum absolute atomic E-state index is 6.07. The van der Waals surface area contributed by atoms with Gasteiger partial charge in [0.1, 0.15) is 0 Å². The number of hydrogen-bond donors (Lipinski definition) is 2. The Bertz CT molecular complexity index is 619. The number of nitrogens with two attached hydrogens (primary N) is 1. The topological polar surface area (TPSA) is 59.1 Å². The Kier molecular flexibility index (Phi) is 3.94. The first-order valence-corrected chi connectivity index (χ1v) is 7.44. The van der Waals surface area contributed by atoms with Crippen LogP contribution in [-0.2, 0) is 6.54 Å². The van der Waals surface area contributed by atoms with Crippen molar-refractivity contribution in [1.29, 1.82) is 0 Å². The lowest BCUT2D eigenvalue weighted by atomic mass is 10.1. The zero-order chi connectivity index (χ0) is 14.8. The number of likely N-dealkylation sites (tertiary alicyclic amines) is 1. The molecule has 0 radical (unpaired) electrons. The third kappa shape index (κ3) is 3.25. The summed E-state index contributed by atoms with van der Waals surface area (Å²) >= 11 is 0. The Balaban J connectivity index is 1.78. The Morgan fingerprint density at radius 1 is 1.38 bits per heavy atom. The van der Waals surface area contributed by atoms with Gasteiger partial charge in [0.15, 0.2) is 0 Å². The second kappa shape index (κ2) is 5.87. The normalized spacial score (nSPS) is 19.2. The molecule has 5 heteroatoms. The van der Waals surface area contributed by atoms with Crippen LogP contribution >= 0.6 is 0 Å². The summed E-state index contributed by atoms with van der Waals surface area (Å²) in [5.41, 5.74) is 10.2. The van der Waals surface area contributed by atoms with Crippen LogP contribution in [0.3, 0.4) is 0 Å². The van der Waals surface area contributed by atoms with E-state index in [4.69, 9.17) is 5.73 Å². The van der Waals surface area contributed by atoms with E-state index in [1.165, 1.54) is 12.0 Å². The molecule has 3 rings (SSSR count). The van der Waals surface area contributed by atoms with Gasteiger partial charge in [-0.1, -0.05) is 0 Å². The minimum Gasteiger partial charge on any atom is -0.399 e. The van der Waals surface area contributed by atoms with Gasteiger partial charge in [-0.2, -0.15) is 0 Å². The molecule has 3 N–H and O–H groups in total. The van der Waals surface area contributed by atoms with Gasteiger partial charge in [0, 0.05) is 43.2 Å². The quantitative estimate of drug-likeness (QED) is 0.837. The smallest absolute Gasteiger partial charge is 0.0995 e. The number of benzene rings is 1. The van der Waals surface area contributed by atoms with Crippen molar-refractivity contribution < 1.29 is 0 Å². The highest BCUT2D eigenvalue weighted by Gasteiger charge is 2.20. The fourth-order valence-corrected chi connectivity index (χ4v) is 2.97. The molecule has 2 aromatic rings. The Labute approximate surface area is 125 Å². The summed E-state index contributed by atoms with van der Waals surface area (Å²) in [4.78, 5) is 6.75. The minimum atomic E-state index is 0.613. The summed E-state index contributed by atoms with van der Waals surface area (Å²) < 4.78 is 2.02. The molecule has 0 saturated carbocycles. The lowest BCUT2D eigenvalue weighted by Crippen LogP contribution is -2.29. The van der Waals surface area contributed by atoms with Gasteiger partial charge >= 0.3 is 0 Å². The summed E-state index contributed by atoms with van der Waals surface area (Å²) in [5.74, 6) is 0.